The van der Waals surface area contributed by atoms with Gasteiger partial charge in [-0.15, -0.1) is 17.8 Å². The third kappa shape index (κ3) is 1.71. The van der Waals surface area contributed by atoms with Crippen molar-refractivity contribution in [1.82, 2.24) is 10.3 Å². The van der Waals surface area contributed by atoms with Crippen molar-refractivity contribution in [2.75, 3.05) is 12.3 Å². The van der Waals surface area contributed by atoms with E-state index in [0.29, 0.717) is 10.6 Å². The Balaban J connectivity index is 2.42. The Morgan fingerprint density at radius 3 is 3.19 bits per heavy atom. The van der Waals surface area contributed by atoms with Crippen molar-refractivity contribution in [2.45, 2.75) is 0 Å². The highest BCUT2D eigenvalue weighted by Crippen LogP contribution is 2.31. The van der Waals surface area contributed by atoms with E-state index >= 15 is 0 Å². The highest BCUT2D eigenvalue weighted by molar-refractivity contribution is 7.21. The lowest BCUT2D eigenvalue weighted by Crippen LogP contribution is -2.23. The van der Waals surface area contributed by atoms with E-state index in [9.17, 15) is 4.79 Å². The van der Waals surface area contributed by atoms with Crippen molar-refractivity contribution >= 4 is 33.1 Å². The van der Waals surface area contributed by atoms with Crippen molar-refractivity contribution in [3.8, 4) is 12.3 Å². The van der Waals surface area contributed by atoms with Crippen LogP contribution in [0.2, 0.25) is 0 Å². The number of nitrogens with zero attached hydrogens (tertiary/aromatic N) is 1. The maximum atomic E-state index is 11.7. The van der Waals surface area contributed by atoms with Crippen LogP contribution in [-0.4, -0.2) is 17.4 Å². The summed E-state index contributed by atoms with van der Waals surface area (Å²) >= 11 is 1.27. The zero-order valence-electron chi connectivity index (χ0n) is 8.36. The summed E-state index contributed by atoms with van der Waals surface area (Å²) in [6.45, 7) is 0.194. The second kappa shape index (κ2) is 4.21. The normalized spacial score (nSPS) is 9.94. The fraction of sp³-hybridized carbons (Fsp3) is 0.0909. The molecule has 2 rings (SSSR count). The minimum atomic E-state index is -0.251. The van der Waals surface area contributed by atoms with E-state index in [-0.39, 0.29) is 12.5 Å². The molecule has 0 atom stereocenters. The fourth-order valence-corrected chi connectivity index (χ4v) is 2.31. The van der Waals surface area contributed by atoms with Gasteiger partial charge in [-0.1, -0.05) is 5.92 Å². The summed E-state index contributed by atoms with van der Waals surface area (Å²) in [6, 6.07) is 3.63. The number of fused-ring (bicyclic) bond motifs is 1. The minimum absolute atomic E-state index is 0.194. The van der Waals surface area contributed by atoms with Gasteiger partial charge in [0.25, 0.3) is 5.91 Å². The van der Waals surface area contributed by atoms with E-state index in [4.69, 9.17) is 12.2 Å². The topological polar surface area (TPSA) is 68.0 Å². The molecule has 0 fully saturated rings. The van der Waals surface area contributed by atoms with Gasteiger partial charge in [0, 0.05) is 11.6 Å². The minimum Gasteiger partial charge on any atom is -0.397 e. The van der Waals surface area contributed by atoms with Crippen LogP contribution in [0.25, 0.3) is 10.2 Å². The second-order valence-electron chi connectivity index (χ2n) is 3.09. The molecule has 3 N–H and O–H groups in total. The summed E-state index contributed by atoms with van der Waals surface area (Å²) in [6.07, 6.45) is 6.73. The highest BCUT2D eigenvalue weighted by atomic mass is 32.1. The first-order valence-electron chi connectivity index (χ1n) is 4.58. The second-order valence-corrected chi connectivity index (χ2v) is 4.09. The summed E-state index contributed by atoms with van der Waals surface area (Å²) in [5, 5.41) is 3.38. The predicted molar refractivity (Wildman–Crippen MR) is 65.2 cm³/mol. The quantitative estimate of drug-likeness (QED) is 0.764. The Morgan fingerprint density at radius 2 is 2.50 bits per heavy atom. The number of carbonyl (C=O) groups is 1. The molecule has 2 heterocycles. The number of aromatic nitrogens is 1. The number of anilines is 1. The molecule has 0 saturated heterocycles. The van der Waals surface area contributed by atoms with Gasteiger partial charge in [0.2, 0.25) is 0 Å². The summed E-state index contributed by atoms with van der Waals surface area (Å²) in [5.74, 6) is 2.09. The van der Waals surface area contributed by atoms with Gasteiger partial charge in [-0.2, -0.15) is 0 Å². The van der Waals surface area contributed by atoms with Gasteiger partial charge in [-0.3, -0.25) is 4.79 Å². The molecule has 4 nitrogen and oxygen atoms in total. The number of thiophene rings is 1. The van der Waals surface area contributed by atoms with Crippen LogP contribution in [0.5, 0.6) is 0 Å². The zero-order valence-corrected chi connectivity index (χ0v) is 9.17. The SMILES string of the molecule is C#CCNC(=O)c1sc2ncccc2c1N. The van der Waals surface area contributed by atoms with E-state index < -0.39 is 0 Å². The Morgan fingerprint density at radius 1 is 1.69 bits per heavy atom. The van der Waals surface area contributed by atoms with Crippen LogP contribution >= 0.6 is 11.3 Å². The van der Waals surface area contributed by atoms with Crippen molar-refractivity contribution in [3.63, 3.8) is 0 Å². The third-order valence-corrected chi connectivity index (χ3v) is 3.19. The molecule has 1 amide bonds. The Bertz CT molecular complexity index is 582. The highest BCUT2D eigenvalue weighted by Gasteiger charge is 2.15. The van der Waals surface area contributed by atoms with Crippen LogP contribution in [0.1, 0.15) is 9.67 Å². The van der Waals surface area contributed by atoms with Crippen LogP contribution in [0.3, 0.4) is 0 Å². The maximum absolute atomic E-state index is 11.7. The summed E-state index contributed by atoms with van der Waals surface area (Å²) < 4.78 is 0. The van der Waals surface area contributed by atoms with E-state index in [1.165, 1.54) is 11.3 Å². The molecular formula is C11H9N3OS. The number of hydrogen-bond acceptors (Lipinski definition) is 4. The van der Waals surface area contributed by atoms with Crippen LogP contribution in [0.4, 0.5) is 5.69 Å². The predicted octanol–water partition coefficient (Wildman–Crippen LogP) is 1.24. The van der Waals surface area contributed by atoms with Gasteiger partial charge < -0.3 is 11.1 Å². The summed E-state index contributed by atoms with van der Waals surface area (Å²) in [5.41, 5.74) is 6.33. The molecule has 80 valence electrons. The average Bonchev–Trinajstić information content (AvgIpc) is 2.64. The number of pyridine rings is 1. The van der Waals surface area contributed by atoms with Crippen LogP contribution in [-0.2, 0) is 0 Å². The molecule has 0 spiro atoms. The number of carbonyl (C=O) groups excluding carboxylic acids is 1. The first-order valence-corrected chi connectivity index (χ1v) is 5.40. The Hall–Kier alpha value is -2.06. The molecule has 0 saturated carbocycles. The molecular weight excluding hydrogens is 222 g/mol. The number of nitrogens with two attached hydrogens (primary N) is 1. The number of amides is 1. The first kappa shape index (κ1) is 10.5. The molecule has 5 heteroatoms. The lowest BCUT2D eigenvalue weighted by atomic mass is 10.2. The van der Waals surface area contributed by atoms with Gasteiger partial charge in [-0.25, -0.2) is 4.98 Å². The molecule has 0 aromatic carbocycles. The van der Waals surface area contributed by atoms with Crippen molar-refractivity contribution < 1.29 is 4.79 Å². The number of nitrogen functional groups attached to an aromatic ring is 1. The van der Waals surface area contributed by atoms with Gasteiger partial charge in [0.05, 0.1) is 12.2 Å². The third-order valence-electron chi connectivity index (χ3n) is 2.06. The largest absolute Gasteiger partial charge is 0.397 e. The monoisotopic (exact) mass is 231 g/mol. The molecule has 0 radical (unpaired) electrons. The standard InChI is InChI=1S/C11H9N3OS/c1-2-5-13-10(15)9-8(12)7-4-3-6-14-11(7)16-9/h1,3-4,6H,5,12H2,(H,13,15). The van der Waals surface area contributed by atoms with Gasteiger partial charge in [-0.05, 0) is 12.1 Å². The zero-order chi connectivity index (χ0) is 11.5. The van der Waals surface area contributed by atoms with E-state index in [0.717, 1.165) is 10.2 Å². The first-order chi connectivity index (χ1) is 7.74. The molecule has 0 aliphatic rings. The van der Waals surface area contributed by atoms with Crippen molar-refractivity contribution in [3.05, 3.63) is 23.2 Å². The smallest absolute Gasteiger partial charge is 0.264 e. The van der Waals surface area contributed by atoms with Gasteiger partial charge >= 0.3 is 0 Å². The molecule has 2 aromatic rings. The van der Waals surface area contributed by atoms with E-state index in [1.807, 2.05) is 6.07 Å². The van der Waals surface area contributed by atoms with Crippen LogP contribution in [0.15, 0.2) is 18.3 Å². The van der Waals surface area contributed by atoms with E-state index in [2.05, 4.69) is 16.2 Å². The van der Waals surface area contributed by atoms with Gasteiger partial charge in [0.15, 0.2) is 0 Å². The molecule has 0 unspecified atom stereocenters. The molecule has 0 aliphatic heterocycles. The molecule has 16 heavy (non-hydrogen) atoms. The number of terminal acetylenes is 1. The number of rotatable bonds is 2. The summed E-state index contributed by atoms with van der Waals surface area (Å²) in [4.78, 5) is 17.1. The molecule has 0 aliphatic carbocycles. The Labute approximate surface area is 96.5 Å². The average molecular weight is 231 g/mol. The number of nitrogens with one attached hydrogen (secondary N) is 1. The van der Waals surface area contributed by atoms with Crippen molar-refractivity contribution in [2.24, 2.45) is 0 Å². The lowest BCUT2D eigenvalue weighted by Gasteiger charge is -1.98. The molecule has 2 aromatic heterocycles. The van der Waals surface area contributed by atoms with Crippen LogP contribution in [0, 0.1) is 12.3 Å². The van der Waals surface area contributed by atoms with Crippen LogP contribution < -0.4 is 11.1 Å². The summed E-state index contributed by atoms with van der Waals surface area (Å²) in [7, 11) is 0. The van der Waals surface area contributed by atoms with E-state index in [1.54, 1.807) is 12.3 Å². The van der Waals surface area contributed by atoms with Crippen molar-refractivity contribution in [1.29, 1.82) is 0 Å². The van der Waals surface area contributed by atoms with Gasteiger partial charge in [0.1, 0.15) is 9.71 Å². The lowest BCUT2D eigenvalue weighted by molar-refractivity contribution is 0.0963. The Kier molecular flexibility index (Phi) is 2.75. The number of hydrogen-bond donors (Lipinski definition) is 2. The fourth-order valence-electron chi connectivity index (χ4n) is 1.33. The molecule has 0 bridgehead atoms. The maximum Gasteiger partial charge on any atom is 0.264 e.